The summed E-state index contributed by atoms with van der Waals surface area (Å²) < 4.78 is 7.76. The van der Waals surface area contributed by atoms with E-state index in [1.54, 1.807) is 22.1 Å². The van der Waals surface area contributed by atoms with Gasteiger partial charge in [-0.3, -0.25) is 4.57 Å². The van der Waals surface area contributed by atoms with Gasteiger partial charge in [-0.05, 0) is 15.9 Å². The van der Waals surface area contributed by atoms with Crippen LogP contribution in [0, 0.1) is 0 Å². The fourth-order valence-electron chi connectivity index (χ4n) is 2.40. The monoisotopic (exact) mass is 384 g/mol. The summed E-state index contributed by atoms with van der Waals surface area (Å²) in [5, 5.41) is 19.1. The Morgan fingerprint density at radius 3 is 2.96 bits per heavy atom. The number of hydrogen-bond acceptors (Lipinski definition) is 7. The molecule has 10 heteroatoms. The number of hydrogen-bond donors (Lipinski definition) is 2. The third-order valence-electron chi connectivity index (χ3n) is 3.48. The van der Waals surface area contributed by atoms with Gasteiger partial charge in [0.1, 0.15) is 12.3 Å². The van der Waals surface area contributed by atoms with Crippen molar-refractivity contribution in [2.75, 3.05) is 20.7 Å². The summed E-state index contributed by atoms with van der Waals surface area (Å²) in [7, 11) is 3.72. The first-order valence-corrected chi connectivity index (χ1v) is 7.84. The van der Waals surface area contributed by atoms with Crippen LogP contribution in [-0.2, 0) is 4.74 Å². The maximum atomic E-state index is 9.89. The normalized spacial score (nSPS) is 24.8. The zero-order chi connectivity index (χ0) is 16.6. The number of rotatable bonds is 4. The van der Waals surface area contributed by atoms with Crippen LogP contribution in [0.25, 0.3) is 11.2 Å². The van der Waals surface area contributed by atoms with E-state index in [0.29, 0.717) is 28.1 Å². The molecule has 2 N–H and O–H groups in total. The molecule has 1 aliphatic heterocycles. The van der Waals surface area contributed by atoms with Crippen molar-refractivity contribution < 1.29 is 14.9 Å². The first-order chi connectivity index (χ1) is 11.0. The minimum atomic E-state index is -0.723. The van der Waals surface area contributed by atoms with Gasteiger partial charge in [0, 0.05) is 20.5 Å². The van der Waals surface area contributed by atoms with Crippen LogP contribution in [0.3, 0.4) is 0 Å². The topological polar surface area (TPSA) is 109 Å². The second-order valence-electron chi connectivity index (χ2n) is 5.46. The fourth-order valence-corrected chi connectivity index (χ4v) is 2.73. The number of nitrogens with zero attached hydrogens (tertiary/aromatic N) is 6. The van der Waals surface area contributed by atoms with E-state index in [1.807, 2.05) is 14.1 Å². The molecule has 124 valence electrons. The van der Waals surface area contributed by atoms with Crippen LogP contribution in [0.5, 0.6) is 0 Å². The van der Waals surface area contributed by atoms with Crippen LogP contribution in [0.15, 0.2) is 16.1 Å². The van der Waals surface area contributed by atoms with Gasteiger partial charge in [0.2, 0.25) is 4.73 Å². The van der Waals surface area contributed by atoms with Gasteiger partial charge in [-0.25, -0.2) is 19.9 Å². The van der Waals surface area contributed by atoms with Crippen molar-refractivity contribution in [3.63, 3.8) is 0 Å². The number of aliphatic imine (C=N–C) groups is 1. The molecule has 1 aliphatic rings. The number of aromatic nitrogens is 4. The quantitative estimate of drug-likeness (QED) is 0.447. The minimum absolute atomic E-state index is 0.235. The second-order valence-corrected chi connectivity index (χ2v) is 6.17. The molecule has 3 atom stereocenters. The van der Waals surface area contributed by atoms with Crippen LogP contribution in [0.2, 0.25) is 0 Å². The second kappa shape index (κ2) is 6.48. The largest absolute Gasteiger partial charge is 0.394 e. The van der Waals surface area contributed by atoms with Gasteiger partial charge < -0.3 is 19.8 Å². The number of imidazole rings is 1. The molecule has 0 aliphatic carbocycles. The van der Waals surface area contributed by atoms with E-state index in [4.69, 9.17) is 4.74 Å². The molecule has 1 fully saturated rings. The minimum Gasteiger partial charge on any atom is -0.394 e. The summed E-state index contributed by atoms with van der Waals surface area (Å²) in [4.78, 5) is 19.0. The zero-order valence-electron chi connectivity index (χ0n) is 12.7. The lowest BCUT2D eigenvalue weighted by molar-refractivity contribution is -0.0432. The molecule has 0 spiro atoms. The summed E-state index contributed by atoms with van der Waals surface area (Å²) in [5.41, 5.74) is 1.09. The Balaban J connectivity index is 2.01. The van der Waals surface area contributed by atoms with E-state index in [2.05, 4.69) is 35.9 Å². The maximum absolute atomic E-state index is 9.89. The van der Waals surface area contributed by atoms with Crippen LogP contribution < -0.4 is 0 Å². The number of ether oxygens (including phenoxy) is 1. The van der Waals surface area contributed by atoms with Gasteiger partial charge in [-0.2, -0.15) is 0 Å². The molecule has 2 aromatic rings. The molecule has 0 unspecified atom stereocenters. The van der Waals surface area contributed by atoms with Crippen molar-refractivity contribution in [1.82, 2.24) is 24.4 Å². The van der Waals surface area contributed by atoms with E-state index in [1.165, 1.54) is 0 Å². The Morgan fingerprint density at radius 1 is 1.52 bits per heavy atom. The summed E-state index contributed by atoms with van der Waals surface area (Å²) in [5.74, 6) is 0.437. The van der Waals surface area contributed by atoms with E-state index in [9.17, 15) is 10.2 Å². The molecule has 0 saturated carbocycles. The summed E-state index contributed by atoms with van der Waals surface area (Å²) in [6, 6.07) is 0. The molecule has 0 bridgehead atoms. The Labute approximate surface area is 140 Å². The van der Waals surface area contributed by atoms with Gasteiger partial charge in [0.25, 0.3) is 0 Å². The van der Waals surface area contributed by atoms with Gasteiger partial charge in [0.05, 0.1) is 25.4 Å². The lowest BCUT2D eigenvalue weighted by Gasteiger charge is -2.13. The molecule has 0 radical (unpaired) electrons. The lowest BCUT2D eigenvalue weighted by Crippen LogP contribution is -2.24. The molecule has 1 saturated heterocycles. The van der Waals surface area contributed by atoms with E-state index in [-0.39, 0.29) is 6.61 Å². The van der Waals surface area contributed by atoms with Crippen molar-refractivity contribution >= 4 is 39.3 Å². The van der Waals surface area contributed by atoms with Crippen LogP contribution >= 0.6 is 15.9 Å². The molecule has 23 heavy (non-hydrogen) atoms. The summed E-state index contributed by atoms with van der Waals surface area (Å²) in [6.07, 6.45) is 1.80. The number of fused-ring (bicyclic) bond motifs is 1. The highest BCUT2D eigenvalue weighted by Gasteiger charge is 2.35. The van der Waals surface area contributed by atoms with Crippen molar-refractivity contribution in [2.45, 2.75) is 24.9 Å². The van der Waals surface area contributed by atoms with Crippen molar-refractivity contribution in [3.8, 4) is 0 Å². The number of aliphatic hydroxyl groups excluding tert-OH is 2. The first-order valence-electron chi connectivity index (χ1n) is 7.04. The molecule has 0 amide bonds. The Hall–Kier alpha value is -1.62. The highest BCUT2D eigenvalue weighted by Crippen LogP contribution is 2.32. The maximum Gasteiger partial charge on any atom is 0.200 e. The number of aliphatic hydroxyl groups is 2. The highest BCUT2D eigenvalue weighted by atomic mass is 79.9. The van der Waals surface area contributed by atoms with E-state index < -0.39 is 18.4 Å². The Bertz CT molecular complexity index is 734. The SMILES string of the molecule is CN(C)/C=N/c1nc(Br)nc2c1ncn2[C@H]1C[C@H](O)[C@@H](CO)O1. The molecule has 9 nitrogen and oxygen atoms in total. The summed E-state index contributed by atoms with van der Waals surface area (Å²) in [6.45, 7) is -0.235. The lowest BCUT2D eigenvalue weighted by atomic mass is 10.2. The molecular weight excluding hydrogens is 368 g/mol. The standard InChI is InChI=1S/C13H17BrN6O3/c1-19(2)5-16-11-10-12(18-13(14)17-11)20(6-15-10)9-3-7(22)8(4-21)23-9/h5-9,21-22H,3-4H2,1-2H3/b16-5+/t7-,8+,9+/m0/s1. The van der Waals surface area contributed by atoms with E-state index in [0.717, 1.165) is 0 Å². The fraction of sp³-hybridized carbons (Fsp3) is 0.538. The average molecular weight is 385 g/mol. The van der Waals surface area contributed by atoms with Gasteiger partial charge in [-0.15, -0.1) is 0 Å². The zero-order valence-corrected chi connectivity index (χ0v) is 14.3. The molecule has 3 rings (SSSR count). The average Bonchev–Trinajstić information content (AvgIpc) is 3.07. The smallest absolute Gasteiger partial charge is 0.200 e. The van der Waals surface area contributed by atoms with Gasteiger partial charge in [0.15, 0.2) is 17.0 Å². The first kappa shape index (κ1) is 16.2. The molecule has 2 aromatic heterocycles. The predicted molar refractivity (Wildman–Crippen MR) is 86.5 cm³/mol. The van der Waals surface area contributed by atoms with Gasteiger partial charge >= 0.3 is 0 Å². The molecular formula is C13H17BrN6O3. The van der Waals surface area contributed by atoms with Crippen molar-refractivity contribution in [2.24, 2.45) is 4.99 Å². The summed E-state index contributed by atoms with van der Waals surface area (Å²) >= 11 is 3.27. The van der Waals surface area contributed by atoms with Crippen molar-refractivity contribution in [1.29, 1.82) is 0 Å². The van der Waals surface area contributed by atoms with Crippen molar-refractivity contribution in [3.05, 3.63) is 11.1 Å². The van der Waals surface area contributed by atoms with Crippen LogP contribution in [0.4, 0.5) is 5.82 Å². The van der Waals surface area contributed by atoms with E-state index >= 15 is 0 Å². The van der Waals surface area contributed by atoms with Crippen LogP contribution in [-0.4, -0.2) is 73.9 Å². The Kier molecular flexibility index (Phi) is 4.57. The third-order valence-corrected chi connectivity index (χ3v) is 3.84. The highest BCUT2D eigenvalue weighted by molar-refractivity contribution is 9.10. The van der Waals surface area contributed by atoms with Crippen LogP contribution in [0.1, 0.15) is 12.6 Å². The molecule has 0 aromatic carbocycles. The molecule has 3 heterocycles. The third kappa shape index (κ3) is 3.20. The van der Waals surface area contributed by atoms with Gasteiger partial charge in [-0.1, -0.05) is 0 Å². The number of halogens is 1. The Morgan fingerprint density at radius 2 is 2.30 bits per heavy atom. The predicted octanol–water partition coefficient (Wildman–Crippen LogP) is 0.451.